The van der Waals surface area contributed by atoms with Crippen molar-refractivity contribution >= 4 is 27.5 Å². The predicted octanol–water partition coefficient (Wildman–Crippen LogP) is 4.95. The average Bonchev–Trinajstić information content (AvgIpc) is 2.74. The molecule has 5 fully saturated rings. The molecule has 1 amide bonds. The second kappa shape index (κ2) is 8.03. The summed E-state index contributed by atoms with van der Waals surface area (Å²) in [5.74, 6) is 2.09. The van der Waals surface area contributed by atoms with Gasteiger partial charge in [-0.25, -0.2) is 8.42 Å². The Labute approximate surface area is 191 Å². The highest BCUT2D eigenvalue weighted by Crippen LogP contribution is 2.58. The molecule has 0 spiro atoms. The molecule has 5 nitrogen and oxygen atoms in total. The SMILES string of the molecule is CCN(C(=O)c1cc(S(=O)(=O)N2CCCCC2)ccc1Cl)C12CC3CC(CC(C3)C1)C2. The number of hydrogen-bond donors (Lipinski definition) is 0. The van der Waals surface area contributed by atoms with E-state index in [1.807, 2.05) is 11.8 Å². The van der Waals surface area contributed by atoms with Crippen molar-refractivity contribution in [2.45, 2.75) is 75.1 Å². The van der Waals surface area contributed by atoms with Crippen LogP contribution in [0.25, 0.3) is 0 Å². The van der Waals surface area contributed by atoms with Gasteiger partial charge in [0.2, 0.25) is 10.0 Å². The molecule has 4 aliphatic carbocycles. The van der Waals surface area contributed by atoms with E-state index in [9.17, 15) is 13.2 Å². The van der Waals surface area contributed by atoms with E-state index in [-0.39, 0.29) is 16.3 Å². The van der Waals surface area contributed by atoms with E-state index < -0.39 is 10.0 Å². The maximum atomic E-state index is 13.8. The van der Waals surface area contributed by atoms with Crippen molar-refractivity contribution in [3.8, 4) is 0 Å². The van der Waals surface area contributed by atoms with Gasteiger partial charge in [0.1, 0.15) is 0 Å². The lowest BCUT2D eigenvalue weighted by molar-refractivity contribution is -0.0731. The summed E-state index contributed by atoms with van der Waals surface area (Å²) in [6.07, 6.45) is 10.0. The van der Waals surface area contributed by atoms with Crippen molar-refractivity contribution in [3.05, 3.63) is 28.8 Å². The summed E-state index contributed by atoms with van der Waals surface area (Å²) in [5, 5.41) is 0.339. The van der Waals surface area contributed by atoms with Crippen molar-refractivity contribution in [3.63, 3.8) is 0 Å². The van der Waals surface area contributed by atoms with Crippen molar-refractivity contribution in [2.75, 3.05) is 19.6 Å². The second-order valence-corrected chi connectivity index (χ2v) is 12.6. The summed E-state index contributed by atoms with van der Waals surface area (Å²) in [6, 6.07) is 4.65. The van der Waals surface area contributed by atoms with E-state index in [0.29, 0.717) is 30.2 Å². The van der Waals surface area contributed by atoms with Gasteiger partial charge in [-0.05, 0) is 94.2 Å². The molecule has 31 heavy (non-hydrogen) atoms. The van der Waals surface area contributed by atoms with Gasteiger partial charge in [0.25, 0.3) is 5.91 Å². The number of piperidine rings is 1. The molecule has 1 heterocycles. The third kappa shape index (κ3) is 3.72. The molecule has 6 rings (SSSR count). The van der Waals surface area contributed by atoms with Gasteiger partial charge in [-0.3, -0.25) is 4.79 Å². The first-order valence-electron chi connectivity index (χ1n) is 11.9. The number of nitrogens with zero attached hydrogens (tertiary/aromatic N) is 2. The first kappa shape index (κ1) is 21.7. The van der Waals surface area contributed by atoms with Crippen LogP contribution in [0.3, 0.4) is 0 Å². The van der Waals surface area contributed by atoms with Crippen LogP contribution in [0, 0.1) is 17.8 Å². The molecule has 1 aliphatic heterocycles. The number of benzene rings is 1. The van der Waals surface area contributed by atoms with Gasteiger partial charge in [0, 0.05) is 25.2 Å². The van der Waals surface area contributed by atoms with Crippen LogP contribution in [-0.4, -0.2) is 48.7 Å². The quantitative estimate of drug-likeness (QED) is 0.619. The Bertz CT molecular complexity index is 936. The Morgan fingerprint density at radius 1 is 1.06 bits per heavy atom. The van der Waals surface area contributed by atoms with E-state index in [4.69, 9.17) is 11.6 Å². The zero-order valence-corrected chi connectivity index (χ0v) is 19.9. The smallest absolute Gasteiger partial charge is 0.255 e. The molecule has 0 aromatic heterocycles. The minimum atomic E-state index is -3.61. The third-order valence-corrected chi connectivity index (χ3v) is 10.5. The van der Waals surface area contributed by atoms with Crippen LogP contribution in [0.4, 0.5) is 0 Å². The van der Waals surface area contributed by atoms with Gasteiger partial charge >= 0.3 is 0 Å². The predicted molar refractivity (Wildman–Crippen MR) is 122 cm³/mol. The Balaban J connectivity index is 1.46. The molecular weight excluding hydrogens is 432 g/mol. The van der Waals surface area contributed by atoms with Crippen LogP contribution in [0.15, 0.2) is 23.1 Å². The zero-order valence-electron chi connectivity index (χ0n) is 18.4. The molecule has 4 bridgehead atoms. The molecule has 1 aromatic rings. The van der Waals surface area contributed by atoms with Crippen molar-refractivity contribution in [1.29, 1.82) is 0 Å². The molecule has 170 valence electrons. The molecule has 0 radical (unpaired) electrons. The number of sulfonamides is 1. The summed E-state index contributed by atoms with van der Waals surface area (Å²) in [5.41, 5.74) is 0.253. The lowest BCUT2D eigenvalue weighted by Gasteiger charge is -2.60. The molecule has 4 saturated carbocycles. The number of carbonyl (C=O) groups excluding carboxylic acids is 1. The van der Waals surface area contributed by atoms with Crippen LogP contribution >= 0.6 is 11.6 Å². The summed E-state index contributed by atoms with van der Waals surface area (Å²) in [7, 11) is -3.61. The van der Waals surface area contributed by atoms with Crippen LogP contribution < -0.4 is 0 Å². The topological polar surface area (TPSA) is 57.7 Å². The first-order valence-corrected chi connectivity index (χ1v) is 13.8. The van der Waals surface area contributed by atoms with Gasteiger partial charge in [0.05, 0.1) is 15.5 Å². The van der Waals surface area contributed by atoms with Crippen LogP contribution in [0.2, 0.25) is 5.02 Å². The Morgan fingerprint density at radius 2 is 1.65 bits per heavy atom. The zero-order chi connectivity index (χ0) is 21.8. The van der Waals surface area contributed by atoms with E-state index in [2.05, 4.69) is 0 Å². The molecule has 0 N–H and O–H groups in total. The lowest BCUT2D eigenvalue weighted by atomic mass is 9.52. The monoisotopic (exact) mass is 464 g/mol. The number of amides is 1. The number of rotatable bonds is 5. The van der Waals surface area contributed by atoms with Gasteiger partial charge in [-0.2, -0.15) is 4.31 Å². The lowest BCUT2D eigenvalue weighted by Crippen LogP contribution is -2.61. The van der Waals surface area contributed by atoms with E-state index >= 15 is 0 Å². The number of halogens is 1. The summed E-state index contributed by atoms with van der Waals surface area (Å²) >= 11 is 6.48. The van der Waals surface area contributed by atoms with E-state index in [0.717, 1.165) is 56.3 Å². The normalized spacial score (nSPS) is 32.9. The summed E-state index contributed by atoms with van der Waals surface area (Å²) in [6.45, 7) is 3.76. The number of hydrogen-bond acceptors (Lipinski definition) is 3. The molecule has 1 saturated heterocycles. The maximum Gasteiger partial charge on any atom is 0.255 e. The standard InChI is InChI=1S/C24H33ClN2O3S/c1-2-27(24-14-17-10-18(15-24)12-19(11-17)16-24)23(28)21-13-20(6-7-22(21)25)31(29,30)26-8-4-3-5-9-26/h6-7,13,17-19H,2-5,8-12,14-16H2,1H3. The minimum Gasteiger partial charge on any atom is -0.333 e. The highest BCUT2D eigenvalue weighted by molar-refractivity contribution is 7.89. The summed E-state index contributed by atoms with van der Waals surface area (Å²) < 4.78 is 27.9. The maximum absolute atomic E-state index is 13.8. The molecular formula is C24H33ClN2O3S. The van der Waals surface area contributed by atoms with Gasteiger partial charge in [0.15, 0.2) is 0 Å². The van der Waals surface area contributed by atoms with Gasteiger partial charge in [-0.15, -0.1) is 0 Å². The van der Waals surface area contributed by atoms with Gasteiger partial charge in [-0.1, -0.05) is 18.0 Å². The Hall–Kier alpha value is -1.11. The fourth-order valence-corrected chi connectivity index (χ4v) is 9.06. The van der Waals surface area contributed by atoms with Crippen molar-refractivity contribution in [2.24, 2.45) is 17.8 Å². The second-order valence-electron chi connectivity index (χ2n) is 10.3. The molecule has 5 aliphatic rings. The average molecular weight is 465 g/mol. The van der Waals surface area contributed by atoms with Crippen LogP contribution in [0.1, 0.15) is 75.1 Å². The number of carbonyl (C=O) groups is 1. The fraction of sp³-hybridized carbons (Fsp3) is 0.708. The van der Waals surface area contributed by atoms with Gasteiger partial charge < -0.3 is 4.90 Å². The molecule has 1 aromatic carbocycles. The Morgan fingerprint density at radius 3 is 2.19 bits per heavy atom. The van der Waals surface area contributed by atoms with Crippen LogP contribution in [-0.2, 0) is 10.0 Å². The molecule has 7 heteroatoms. The highest BCUT2D eigenvalue weighted by Gasteiger charge is 2.54. The first-order chi connectivity index (χ1) is 14.8. The van der Waals surface area contributed by atoms with E-state index in [1.165, 1.54) is 25.3 Å². The van der Waals surface area contributed by atoms with Crippen LogP contribution in [0.5, 0.6) is 0 Å². The van der Waals surface area contributed by atoms with Crippen molar-refractivity contribution < 1.29 is 13.2 Å². The summed E-state index contributed by atoms with van der Waals surface area (Å²) in [4.78, 5) is 16.0. The van der Waals surface area contributed by atoms with E-state index in [1.54, 1.807) is 16.4 Å². The third-order valence-electron chi connectivity index (χ3n) is 8.26. The largest absolute Gasteiger partial charge is 0.333 e. The molecule has 0 atom stereocenters. The Kier molecular flexibility index (Phi) is 5.63. The fourth-order valence-electron chi connectivity index (χ4n) is 7.32. The molecule has 0 unspecified atom stereocenters. The van der Waals surface area contributed by atoms with Crippen molar-refractivity contribution in [1.82, 2.24) is 9.21 Å². The minimum absolute atomic E-state index is 0.0777. The highest BCUT2D eigenvalue weighted by atomic mass is 35.5.